The lowest BCUT2D eigenvalue weighted by molar-refractivity contribution is -0.120. The molecule has 5 heterocycles. The number of aromatic amines is 2. The monoisotopic (exact) mass is 639 g/mol. The van der Waals surface area contributed by atoms with Gasteiger partial charge in [0, 0.05) is 36.0 Å². The van der Waals surface area contributed by atoms with E-state index in [0.717, 1.165) is 37.5 Å². The number of halogens is 1. The lowest BCUT2D eigenvalue weighted by Gasteiger charge is -2.20. The van der Waals surface area contributed by atoms with Gasteiger partial charge in [0.2, 0.25) is 15.9 Å². The first-order valence-corrected chi connectivity index (χ1v) is 16.8. The molecule has 7 rings (SSSR count). The molecule has 0 spiro atoms. The van der Waals surface area contributed by atoms with Gasteiger partial charge in [-0.3, -0.25) is 19.9 Å². The average molecular weight is 640 g/mol. The Morgan fingerprint density at radius 1 is 0.935 bits per heavy atom. The summed E-state index contributed by atoms with van der Waals surface area (Å²) in [5.74, 6) is -0.0300. The van der Waals surface area contributed by atoms with Crippen LogP contribution in [0.2, 0.25) is 0 Å². The van der Waals surface area contributed by atoms with Crippen LogP contribution in [0.15, 0.2) is 61.2 Å². The van der Waals surface area contributed by atoms with Crippen LogP contribution in [0, 0.1) is 11.7 Å². The van der Waals surface area contributed by atoms with Crippen molar-refractivity contribution in [3.63, 3.8) is 0 Å². The number of imidazole rings is 1. The molecule has 12 nitrogen and oxygen atoms in total. The molecule has 1 aliphatic rings. The van der Waals surface area contributed by atoms with E-state index in [4.69, 9.17) is 9.97 Å². The van der Waals surface area contributed by atoms with Crippen LogP contribution in [0.3, 0.4) is 0 Å². The molecule has 0 atom stereocenters. The number of hydrogen-bond donors (Lipinski definition) is 4. The zero-order chi connectivity index (χ0) is 31.8. The van der Waals surface area contributed by atoms with Gasteiger partial charge >= 0.3 is 0 Å². The summed E-state index contributed by atoms with van der Waals surface area (Å²) < 4.78 is 40.2. The molecular weight excluding hydrogens is 609 g/mol. The van der Waals surface area contributed by atoms with Crippen LogP contribution in [0.5, 0.6) is 0 Å². The van der Waals surface area contributed by atoms with Crippen molar-refractivity contribution in [2.45, 2.75) is 38.6 Å². The van der Waals surface area contributed by atoms with Crippen molar-refractivity contribution < 1.29 is 17.6 Å². The Balaban J connectivity index is 1.21. The Morgan fingerprint density at radius 2 is 1.76 bits per heavy atom. The minimum absolute atomic E-state index is 0.0259. The van der Waals surface area contributed by atoms with E-state index < -0.39 is 15.8 Å². The van der Waals surface area contributed by atoms with Crippen LogP contribution in [-0.4, -0.2) is 55.7 Å². The number of benzene rings is 1. The van der Waals surface area contributed by atoms with Crippen molar-refractivity contribution in [3.05, 3.63) is 72.6 Å². The van der Waals surface area contributed by atoms with Crippen LogP contribution >= 0.6 is 0 Å². The van der Waals surface area contributed by atoms with E-state index >= 15 is 0 Å². The van der Waals surface area contributed by atoms with Crippen LogP contribution in [0.25, 0.3) is 56.0 Å². The van der Waals surface area contributed by atoms with Gasteiger partial charge in [-0.1, -0.05) is 19.3 Å². The summed E-state index contributed by atoms with van der Waals surface area (Å²) in [6.45, 7) is -0.0581. The number of anilines is 1. The molecule has 5 aromatic heterocycles. The van der Waals surface area contributed by atoms with Crippen molar-refractivity contribution >= 4 is 43.7 Å². The summed E-state index contributed by atoms with van der Waals surface area (Å²) in [7, 11) is -3.46. The Bertz CT molecular complexity index is 2210. The first kappa shape index (κ1) is 29.6. The fourth-order valence-corrected chi connectivity index (χ4v) is 6.29. The summed E-state index contributed by atoms with van der Waals surface area (Å²) in [5.41, 5.74) is 6.39. The molecule has 0 bridgehead atoms. The maximum Gasteiger partial charge on any atom is 0.227 e. The Morgan fingerprint density at radius 3 is 2.59 bits per heavy atom. The van der Waals surface area contributed by atoms with E-state index in [9.17, 15) is 17.6 Å². The summed E-state index contributed by atoms with van der Waals surface area (Å²) in [6.07, 6.45) is 12.7. The Kier molecular flexibility index (Phi) is 7.74. The maximum atomic E-state index is 14.6. The number of hydrogen-bond acceptors (Lipinski definition) is 8. The van der Waals surface area contributed by atoms with Gasteiger partial charge in [-0.2, -0.15) is 5.10 Å². The summed E-state index contributed by atoms with van der Waals surface area (Å²) in [6, 6.07) is 9.92. The molecule has 234 valence electrons. The van der Waals surface area contributed by atoms with Gasteiger partial charge in [0.05, 0.1) is 46.6 Å². The van der Waals surface area contributed by atoms with Gasteiger partial charge < -0.3 is 10.3 Å². The second-order valence-electron chi connectivity index (χ2n) is 11.6. The maximum absolute atomic E-state index is 14.6. The lowest BCUT2D eigenvalue weighted by Crippen LogP contribution is -2.24. The predicted octanol–water partition coefficient (Wildman–Crippen LogP) is 5.33. The van der Waals surface area contributed by atoms with Crippen molar-refractivity contribution in [2.75, 3.05) is 11.6 Å². The molecule has 1 fully saturated rings. The minimum Gasteiger partial charge on any atom is -0.335 e. The van der Waals surface area contributed by atoms with Gasteiger partial charge in [-0.05, 0) is 60.4 Å². The van der Waals surface area contributed by atoms with Gasteiger partial charge in [0.25, 0.3) is 0 Å². The fraction of sp³-hybridized carbons (Fsp3) is 0.250. The van der Waals surface area contributed by atoms with E-state index in [2.05, 4.69) is 35.2 Å². The smallest absolute Gasteiger partial charge is 0.227 e. The predicted molar refractivity (Wildman–Crippen MR) is 172 cm³/mol. The zero-order valence-corrected chi connectivity index (χ0v) is 25.7. The van der Waals surface area contributed by atoms with Crippen molar-refractivity contribution in [3.8, 4) is 33.9 Å². The average Bonchev–Trinajstić information content (AvgIpc) is 3.68. The molecular formula is C32H30FN9O3S. The number of rotatable bonds is 8. The first-order chi connectivity index (χ1) is 22.2. The molecule has 46 heavy (non-hydrogen) atoms. The highest BCUT2D eigenvalue weighted by molar-refractivity contribution is 7.88. The third kappa shape index (κ3) is 6.21. The third-order valence-electron chi connectivity index (χ3n) is 8.11. The fourth-order valence-electron chi connectivity index (χ4n) is 5.86. The molecule has 1 aromatic carbocycles. The van der Waals surface area contributed by atoms with Crippen molar-refractivity contribution in [2.24, 2.45) is 5.92 Å². The second-order valence-corrected chi connectivity index (χ2v) is 13.4. The van der Waals surface area contributed by atoms with E-state index in [0.29, 0.717) is 61.7 Å². The van der Waals surface area contributed by atoms with E-state index in [-0.39, 0.29) is 18.4 Å². The summed E-state index contributed by atoms with van der Waals surface area (Å²) in [4.78, 5) is 34.4. The summed E-state index contributed by atoms with van der Waals surface area (Å²) >= 11 is 0. The molecule has 14 heteroatoms. The normalized spacial score (nSPS) is 14.2. The largest absolute Gasteiger partial charge is 0.335 e. The third-order valence-corrected chi connectivity index (χ3v) is 8.78. The SMILES string of the molecule is CS(=O)(=O)NCc1cc(F)cc(-c2cncc3[nH]c(-c4n[nH]c5ccc(-c6cncc(NC(=O)C7CCCCC7)c6)nc45)nc23)c1. The summed E-state index contributed by atoms with van der Waals surface area (Å²) in [5, 5.41) is 10.5. The quantitative estimate of drug-likeness (QED) is 0.173. The molecule has 6 aromatic rings. The Hall–Kier alpha value is -5.08. The van der Waals surface area contributed by atoms with Crippen LogP contribution < -0.4 is 10.0 Å². The molecule has 1 amide bonds. The highest BCUT2D eigenvalue weighted by Crippen LogP contribution is 2.32. The topological polar surface area (TPSA) is 171 Å². The molecule has 0 aliphatic heterocycles. The zero-order valence-electron chi connectivity index (χ0n) is 24.8. The number of carbonyl (C=O) groups is 1. The number of amides is 1. The number of fused-ring (bicyclic) bond motifs is 2. The van der Waals surface area contributed by atoms with Crippen LogP contribution in [0.4, 0.5) is 10.1 Å². The number of pyridine rings is 3. The number of H-pyrrole nitrogens is 2. The Labute approximate surface area is 263 Å². The second kappa shape index (κ2) is 12.0. The molecule has 4 N–H and O–H groups in total. The molecule has 1 aliphatic carbocycles. The number of sulfonamides is 1. The van der Waals surface area contributed by atoms with Gasteiger partial charge in [0.1, 0.15) is 11.3 Å². The molecule has 0 saturated heterocycles. The number of aromatic nitrogens is 7. The van der Waals surface area contributed by atoms with Crippen molar-refractivity contribution in [1.82, 2.24) is 39.8 Å². The first-order valence-electron chi connectivity index (χ1n) is 14.9. The lowest BCUT2D eigenvalue weighted by atomic mass is 9.88. The van der Waals surface area contributed by atoms with Crippen LogP contribution in [-0.2, 0) is 21.4 Å². The molecule has 1 saturated carbocycles. The molecule has 0 unspecified atom stereocenters. The van der Waals surface area contributed by atoms with E-state index in [1.165, 1.54) is 18.6 Å². The molecule has 0 radical (unpaired) electrons. The van der Waals surface area contributed by atoms with Gasteiger partial charge in [0.15, 0.2) is 11.5 Å². The standard InChI is InChI=1S/C32H30FN9O3S/c1-46(44,45)36-13-18-9-20(11-22(33)10-18)24-16-35-17-27-28(24)40-31(39-27)30-29-26(41-42-30)8-7-25(38-29)21-12-23(15-34-14-21)37-32(43)19-5-3-2-4-6-19/h7-12,14-17,19,36H,2-6,13H2,1H3,(H,37,43)(H,39,40)(H,41,42). The van der Waals surface area contributed by atoms with E-state index in [1.807, 2.05) is 18.2 Å². The van der Waals surface area contributed by atoms with Crippen molar-refractivity contribution in [1.29, 1.82) is 0 Å². The van der Waals surface area contributed by atoms with Crippen LogP contribution in [0.1, 0.15) is 37.7 Å². The van der Waals surface area contributed by atoms with E-state index in [1.54, 1.807) is 30.9 Å². The van der Waals surface area contributed by atoms with Gasteiger partial charge in [-0.25, -0.2) is 27.5 Å². The number of nitrogens with one attached hydrogen (secondary N) is 4. The van der Waals surface area contributed by atoms with Gasteiger partial charge in [-0.15, -0.1) is 0 Å². The number of carbonyl (C=O) groups excluding carboxylic acids is 1. The minimum atomic E-state index is -3.46. The highest BCUT2D eigenvalue weighted by Gasteiger charge is 2.22. The number of nitrogens with zero attached hydrogens (tertiary/aromatic N) is 5. The highest BCUT2D eigenvalue weighted by atomic mass is 32.2.